The van der Waals surface area contributed by atoms with E-state index in [4.69, 9.17) is 9.15 Å². The molecule has 0 fully saturated rings. The fourth-order valence-corrected chi connectivity index (χ4v) is 1.82. The van der Waals surface area contributed by atoms with E-state index >= 15 is 0 Å². The van der Waals surface area contributed by atoms with Crippen LogP contribution in [0.1, 0.15) is 0 Å². The molecular formula is C15H11NO3. The minimum Gasteiger partial charge on any atom is -0.464 e. The molecule has 4 heteroatoms. The third-order valence-corrected chi connectivity index (χ3v) is 2.68. The van der Waals surface area contributed by atoms with Gasteiger partial charge in [-0.2, -0.15) is 0 Å². The zero-order chi connectivity index (χ0) is 13.1. The minimum absolute atomic E-state index is 0.479. The first kappa shape index (κ1) is 11.3. The molecule has 1 aliphatic heterocycles. The first-order chi connectivity index (χ1) is 9.33. The first-order valence-electron chi connectivity index (χ1n) is 5.83. The summed E-state index contributed by atoms with van der Waals surface area (Å²) < 4.78 is 10.5. The van der Waals surface area contributed by atoms with Gasteiger partial charge in [0, 0.05) is 5.69 Å². The van der Waals surface area contributed by atoms with Gasteiger partial charge in [-0.3, -0.25) is 5.32 Å². The topological polar surface area (TPSA) is 51.5 Å². The number of para-hydroxylation sites is 1. The summed E-state index contributed by atoms with van der Waals surface area (Å²) in [5, 5.41) is 2.65. The number of rotatable bonds is 2. The Kier molecular flexibility index (Phi) is 2.90. The van der Waals surface area contributed by atoms with Crippen LogP contribution in [0.25, 0.3) is 11.3 Å². The SMILES string of the molecule is O=C(Nc1ccccc1)Oc1ccc2occcc1-2. The molecule has 0 saturated heterocycles. The molecule has 4 nitrogen and oxygen atoms in total. The molecule has 1 aromatic carbocycles. The standard InChI is InChI=1S/C15H11NO3/c17-15(16-11-5-2-1-3-6-11)19-14-9-8-13-12(14)7-4-10-18-13/h1-10H,(H,16,17). The second-order valence-corrected chi connectivity index (χ2v) is 3.97. The quantitative estimate of drug-likeness (QED) is 0.751. The lowest BCUT2D eigenvalue weighted by Crippen LogP contribution is -2.16. The van der Waals surface area contributed by atoms with Crippen LogP contribution in [0.2, 0.25) is 0 Å². The van der Waals surface area contributed by atoms with Crippen molar-refractivity contribution in [3.05, 3.63) is 60.9 Å². The van der Waals surface area contributed by atoms with Gasteiger partial charge in [-0.25, -0.2) is 4.79 Å². The van der Waals surface area contributed by atoms with Crippen LogP contribution in [0.4, 0.5) is 10.5 Å². The Labute approximate surface area is 110 Å². The van der Waals surface area contributed by atoms with Gasteiger partial charge in [0.15, 0.2) is 0 Å². The zero-order valence-corrected chi connectivity index (χ0v) is 10.00. The van der Waals surface area contributed by atoms with Crippen molar-refractivity contribution >= 4 is 11.8 Å². The Morgan fingerprint density at radius 3 is 2.68 bits per heavy atom. The Hall–Kier alpha value is -2.75. The van der Waals surface area contributed by atoms with Crippen molar-refractivity contribution in [3.63, 3.8) is 0 Å². The highest BCUT2D eigenvalue weighted by atomic mass is 16.6. The molecule has 0 unspecified atom stereocenters. The van der Waals surface area contributed by atoms with Crippen LogP contribution in [0.15, 0.2) is 65.3 Å². The average molecular weight is 253 g/mol. The lowest BCUT2D eigenvalue weighted by molar-refractivity contribution is 0.215. The average Bonchev–Trinajstić information content (AvgIpc) is 2.83. The van der Waals surface area contributed by atoms with Gasteiger partial charge in [-0.05, 0) is 36.4 Å². The number of hydrogen-bond donors (Lipinski definition) is 1. The van der Waals surface area contributed by atoms with E-state index in [-0.39, 0.29) is 0 Å². The van der Waals surface area contributed by atoms with Crippen LogP contribution in [-0.2, 0) is 0 Å². The molecule has 0 bridgehead atoms. The van der Waals surface area contributed by atoms with Crippen LogP contribution < -0.4 is 10.1 Å². The summed E-state index contributed by atoms with van der Waals surface area (Å²) in [6.07, 6.45) is 1.05. The van der Waals surface area contributed by atoms with Gasteiger partial charge in [0.1, 0.15) is 11.5 Å². The predicted octanol–water partition coefficient (Wildman–Crippen LogP) is 4.00. The number of ether oxygens (including phenoxy) is 1. The number of anilines is 1. The van der Waals surface area contributed by atoms with E-state index in [1.807, 2.05) is 24.3 Å². The molecule has 0 saturated carbocycles. The molecular weight excluding hydrogens is 242 g/mol. The molecule has 1 N–H and O–H groups in total. The summed E-state index contributed by atoms with van der Waals surface area (Å²) in [5.41, 5.74) is 1.46. The van der Waals surface area contributed by atoms with Gasteiger partial charge < -0.3 is 9.15 Å². The normalized spacial score (nSPS) is 10.3. The van der Waals surface area contributed by atoms with Crippen LogP contribution in [0, 0.1) is 0 Å². The number of carbonyl (C=O) groups excluding carboxylic acids is 1. The summed E-state index contributed by atoms with van der Waals surface area (Å²) in [4.78, 5) is 11.8. The fraction of sp³-hybridized carbons (Fsp3) is 0. The van der Waals surface area contributed by atoms with Gasteiger partial charge in [0.05, 0.1) is 11.8 Å². The molecule has 1 amide bonds. The first-order valence-corrected chi connectivity index (χ1v) is 5.83. The van der Waals surface area contributed by atoms with E-state index < -0.39 is 6.09 Å². The Morgan fingerprint density at radius 2 is 1.84 bits per heavy atom. The van der Waals surface area contributed by atoms with E-state index in [2.05, 4.69) is 5.32 Å². The molecule has 3 rings (SSSR count). The van der Waals surface area contributed by atoms with Crippen molar-refractivity contribution in [1.29, 1.82) is 0 Å². The summed E-state index contributed by atoms with van der Waals surface area (Å²) in [5.74, 6) is 1.16. The minimum atomic E-state index is -0.525. The van der Waals surface area contributed by atoms with Gasteiger partial charge in [-0.15, -0.1) is 0 Å². The summed E-state index contributed by atoms with van der Waals surface area (Å²) >= 11 is 0. The molecule has 0 spiro atoms. The number of benzene rings is 1. The maximum absolute atomic E-state index is 11.8. The largest absolute Gasteiger partial charge is 0.464 e. The molecule has 1 heterocycles. The van der Waals surface area contributed by atoms with Crippen LogP contribution in [0.3, 0.4) is 0 Å². The lowest BCUT2D eigenvalue weighted by Gasteiger charge is -2.06. The van der Waals surface area contributed by atoms with E-state index in [9.17, 15) is 4.79 Å². The van der Waals surface area contributed by atoms with Gasteiger partial charge >= 0.3 is 6.09 Å². The van der Waals surface area contributed by atoms with Crippen LogP contribution in [0.5, 0.6) is 5.75 Å². The number of amides is 1. The van der Waals surface area contributed by atoms with E-state index in [0.29, 0.717) is 17.2 Å². The zero-order valence-electron chi connectivity index (χ0n) is 10.00. The maximum Gasteiger partial charge on any atom is 0.417 e. The molecule has 0 aromatic heterocycles. The van der Waals surface area contributed by atoms with Crippen LogP contribution >= 0.6 is 0 Å². The molecule has 19 heavy (non-hydrogen) atoms. The van der Waals surface area contributed by atoms with Gasteiger partial charge in [0.25, 0.3) is 0 Å². The monoisotopic (exact) mass is 253 g/mol. The van der Waals surface area contributed by atoms with E-state index in [1.54, 1.807) is 36.6 Å². The van der Waals surface area contributed by atoms with Crippen molar-refractivity contribution in [3.8, 4) is 17.1 Å². The fourth-order valence-electron chi connectivity index (χ4n) is 1.82. The summed E-state index contributed by atoms with van der Waals surface area (Å²) in [6.45, 7) is 0. The van der Waals surface area contributed by atoms with Gasteiger partial charge in [-0.1, -0.05) is 18.2 Å². The highest BCUT2D eigenvalue weighted by Gasteiger charge is 2.15. The Balaban J connectivity index is 1.73. The Morgan fingerprint density at radius 1 is 1.00 bits per heavy atom. The number of carbonyl (C=O) groups is 1. The van der Waals surface area contributed by atoms with Crippen molar-refractivity contribution in [2.45, 2.75) is 0 Å². The second kappa shape index (κ2) is 4.86. The predicted molar refractivity (Wildman–Crippen MR) is 71.4 cm³/mol. The molecule has 94 valence electrons. The van der Waals surface area contributed by atoms with Crippen LogP contribution in [-0.4, -0.2) is 6.09 Å². The number of hydrogen-bond acceptors (Lipinski definition) is 3. The van der Waals surface area contributed by atoms with E-state index in [1.165, 1.54) is 0 Å². The summed E-state index contributed by atoms with van der Waals surface area (Å²) in [7, 11) is 0. The highest BCUT2D eigenvalue weighted by Crippen LogP contribution is 2.33. The van der Waals surface area contributed by atoms with Crippen molar-refractivity contribution < 1.29 is 13.9 Å². The number of nitrogens with one attached hydrogen (secondary N) is 1. The third-order valence-electron chi connectivity index (χ3n) is 2.68. The molecule has 2 aliphatic rings. The highest BCUT2D eigenvalue weighted by molar-refractivity contribution is 5.87. The number of fused-ring (bicyclic) bond motifs is 1. The molecule has 1 aromatic rings. The van der Waals surface area contributed by atoms with Crippen molar-refractivity contribution in [1.82, 2.24) is 0 Å². The van der Waals surface area contributed by atoms with Crippen molar-refractivity contribution in [2.24, 2.45) is 0 Å². The molecule has 0 atom stereocenters. The third kappa shape index (κ3) is 2.42. The molecule has 1 aliphatic carbocycles. The van der Waals surface area contributed by atoms with Crippen molar-refractivity contribution in [2.75, 3.05) is 5.32 Å². The van der Waals surface area contributed by atoms with E-state index in [0.717, 1.165) is 5.56 Å². The second-order valence-electron chi connectivity index (χ2n) is 3.97. The van der Waals surface area contributed by atoms with Gasteiger partial charge in [0.2, 0.25) is 0 Å². The smallest absolute Gasteiger partial charge is 0.417 e. The summed E-state index contributed by atoms with van der Waals surface area (Å²) in [6, 6.07) is 16.2. The molecule has 0 radical (unpaired) electrons. The Bertz CT molecular complexity index is 660. The lowest BCUT2D eigenvalue weighted by atomic mass is 10.2. The maximum atomic E-state index is 11.8.